The van der Waals surface area contributed by atoms with Gasteiger partial charge in [-0.05, 0) is 31.4 Å². The van der Waals surface area contributed by atoms with Gasteiger partial charge in [0, 0.05) is 16.4 Å². The van der Waals surface area contributed by atoms with Gasteiger partial charge in [-0.1, -0.05) is 6.07 Å². The second kappa shape index (κ2) is 4.31. The van der Waals surface area contributed by atoms with Gasteiger partial charge >= 0.3 is 0 Å². The Hall–Kier alpha value is -1.49. The molecular weight excluding hydrogens is 254 g/mol. The summed E-state index contributed by atoms with van der Waals surface area (Å²) in [5.74, 6) is -1.22. The number of benzene rings is 1. The Morgan fingerprint density at radius 3 is 2.72 bits per heavy atom. The molecule has 2 N–H and O–H groups in total. The van der Waals surface area contributed by atoms with Crippen molar-refractivity contribution in [3.63, 3.8) is 0 Å². The Morgan fingerprint density at radius 1 is 1.28 bits per heavy atom. The van der Waals surface area contributed by atoms with Gasteiger partial charge in [-0.15, -0.1) is 11.3 Å². The summed E-state index contributed by atoms with van der Waals surface area (Å²) in [6, 6.07) is 3.99. The van der Waals surface area contributed by atoms with Crippen molar-refractivity contribution in [2.45, 2.75) is 25.2 Å². The molecule has 0 bridgehead atoms. The SMILES string of the molecule is Nc1nc2c(s1)C(c1c(F)cccc1F)CCC2. The molecule has 1 aliphatic rings. The highest BCUT2D eigenvalue weighted by Crippen LogP contribution is 2.42. The molecule has 1 aliphatic carbocycles. The van der Waals surface area contributed by atoms with E-state index in [0.29, 0.717) is 5.13 Å². The van der Waals surface area contributed by atoms with Crippen molar-refractivity contribution in [1.29, 1.82) is 0 Å². The zero-order chi connectivity index (χ0) is 12.7. The molecule has 2 nitrogen and oxygen atoms in total. The van der Waals surface area contributed by atoms with Crippen LogP contribution in [0, 0.1) is 11.6 Å². The second-order valence-corrected chi connectivity index (χ2v) is 5.51. The fourth-order valence-electron chi connectivity index (χ4n) is 2.56. The van der Waals surface area contributed by atoms with Crippen LogP contribution in [0.4, 0.5) is 13.9 Å². The van der Waals surface area contributed by atoms with Gasteiger partial charge in [0.25, 0.3) is 0 Å². The topological polar surface area (TPSA) is 38.9 Å². The van der Waals surface area contributed by atoms with Crippen LogP contribution in [-0.2, 0) is 6.42 Å². The van der Waals surface area contributed by atoms with Crippen molar-refractivity contribution >= 4 is 16.5 Å². The number of halogens is 2. The molecule has 1 atom stereocenters. The summed E-state index contributed by atoms with van der Waals surface area (Å²) in [6.07, 6.45) is 2.47. The Labute approximate surface area is 107 Å². The first-order valence-electron chi connectivity index (χ1n) is 5.86. The lowest BCUT2D eigenvalue weighted by Gasteiger charge is -2.22. The van der Waals surface area contributed by atoms with Crippen LogP contribution in [0.2, 0.25) is 0 Å². The summed E-state index contributed by atoms with van der Waals surface area (Å²) in [7, 11) is 0. The van der Waals surface area contributed by atoms with E-state index in [1.807, 2.05) is 0 Å². The lowest BCUT2D eigenvalue weighted by Crippen LogP contribution is -2.12. The molecule has 18 heavy (non-hydrogen) atoms. The van der Waals surface area contributed by atoms with E-state index in [1.165, 1.54) is 29.5 Å². The van der Waals surface area contributed by atoms with Crippen LogP contribution in [0.25, 0.3) is 0 Å². The summed E-state index contributed by atoms with van der Waals surface area (Å²) in [5, 5.41) is 0.476. The average molecular weight is 266 g/mol. The zero-order valence-electron chi connectivity index (χ0n) is 9.62. The molecule has 1 heterocycles. The minimum atomic E-state index is -0.486. The molecule has 0 fully saturated rings. The van der Waals surface area contributed by atoms with E-state index in [4.69, 9.17) is 5.73 Å². The quantitative estimate of drug-likeness (QED) is 0.858. The molecule has 1 aromatic carbocycles. The molecule has 5 heteroatoms. The lowest BCUT2D eigenvalue weighted by molar-refractivity contribution is 0.514. The van der Waals surface area contributed by atoms with Gasteiger partial charge in [-0.25, -0.2) is 13.8 Å². The number of nitrogens with two attached hydrogens (primary N) is 1. The van der Waals surface area contributed by atoms with Gasteiger partial charge in [0.15, 0.2) is 5.13 Å². The van der Waals surface area contributed by atoms with Gasteiger partial charge in [-0.2, -0.15) is 0 Å². The molecular formula is C13H12F2N2S. The number of hydrogen-bond donors (Lipinski definition) is 1. The number of aromatic nitrogens is 1. The number of fused-ring (bicyclic) bond motifs is 1. The standard InChI is InChI=1S/C13H12F2N2S/c14-8-4-2-5-9(15)11(8)7-3-1-6-10-12(7)18-13(16)17-10/h2,4-5,7H,1,3,6H2,(H2,16,17). The third kappa shape index (κ3) is 1.79. The molecule has 0 saturated heterocycles. The monoisotopic (exact) mass is 266 g/mol. The van der Waals surface area contributed by atoms with Crippen LogP contribution in [0.15, 0.2) is 18.2 Å². The maximum absolute atomic E-state index is 13.8. The largest absolute Gasteiger partial charge is 0.375 e. The predicted molar refractivity (Wildman–Crippen MR) is 67.7 cm³/mol. The van der Waals surface area contributed by atoms with Crippen molar-refractivity contribution < 1.29 is 8.78 Å². The van der Waals surface area contributed by atoms with E-state index < -0.39 is 11.6 Å². The third-order valence-electron chi connectivity index (χ3n) is 3.32. The van der Waals surface area contributed by atoms with Gasteiger partial charge in [0.2, 0.25) is 0 Å². The van der Waals surface area contributed by atoms with Gasteiger partial charge < -0.3 is 5.73 Å². The van der Waals surface area contributed by atoms with E-state index >= 15 is 0 Å². The lowest BCUT2D eigenvalue weighted by atomic mass is 9.85. The minimum Gasteiger partial charge on any atom is -0.375 e. The van der Waals surface area contributed by atoms with Crippen LogP contribution < -0.4 is 5.73 Å². The van der Waals surface area contributed by atoms with Crippen molar-refractivity contribution in [1.82, 2.24) is 4.98 Å². The maximum atomic E-state index is 13.8. The van der Waals surface area contributed by atoms with Gasteiger partial charge in [0.1, 0.15) is 11.6 Å². The summed E-state index contributed by atoms with van der Waals surface area (Å²) in [6.45, 7) is 0. The highest BCUT2D eigenvalue weighted by Gasteiger charge is 2.29. The highest BCUT2D eigenvalue weighted by molar-refractivity contribution is 7.15. The molecule has 0 saturated carbocycles. The summed E-state index contributed by atoms with van der Waals surface area (Å²) < 4.78 is 27.7. The third-order valence-corrected chi connectivity index (χ3v) is 4.36. The van der Waals surface area contributed by atoms with Crippen LogP contribution >= 0.6 is 11.3 Å². The smallest absolute Gasteiger partial charge is 0.180 e. The van der Waals surface area contributed by atoms with Gasteiger partial charge in [0.05, 0.1) is 5.69 Å². The number of nitrogen functional groups attached to an aromatic ring is 1. The first-order chi connectivity index (χ1) is 8.66. The number of hydrogen-bond acceptors (Lipinski definition) is 3. The minimum absolute atomic E-state index is 0.155. The van der Waals surface area contributed by atoms with Crippen LogP contribution in [0.1, 0.15) is 34.9 Å². The van der Waals surface area contributed by atoms with Crippen LogP contribution in [-0.4, -0.2) is 4.98 Å². The molecule has 94 valence electrons. The second-order valence-electron chi connectivity index (χ2n) is 4.44. The van der Waals surface area contributed by atoms with E-state index in [9.17, 15) is 8.78 Å². The molecule has 1 aromatic heterocycles. The van der Waals surface area contributed by atoms with Crippen LogP contribution in [0.3, 0.4) is 0 Å². The fraction of sp³-hybridized carbons (Fsp3) is 0.308. The number of anilines is 1. The van der Waals surface area contributed by atoms with Crippen molar-refractivity contribution in [2.24, 2.45) is 0 Å². The van der Waals surface area contributed by atoms with E-state index in [0.717, 1.165) is 29.8 Å². The average Bonchev–Trinajstić information content (AvgIpc) is 2.70. The van der Waals surface area contributed by atoms with Crippen LogP contribution in [0.5, 0.6) is 0 Å². The molecule has 3 rings (SSSR count). The van der Waals surface area contributed by atoms with Crippen molar-refractivity contribution in [3.8, 4) is 0 Å². The van der Waals surface area contributed by atoms with Gasteiger partial charge in [-0.3, -0.25) is 0 Å². The number of nitrogens with zero attached hydrogens (tertiary/aromatic N) is 1. The molecule has 2 aromatic rings. The molecule has 0 amide bonds. The predicted octanol–water partition coefficient (Wildman–Crippen LogP) is 3.47. The highest BCUT2D eigenvalue weighted by atomic mass is 32.1. The Balaban J connectivity index is 2.14. The van der Waals surface area contributed by atoms with E-state index in [1.54, 1.807) is 0 Å². The number of rotatable bonds is 1. The first-order valence-corrected chi connectivity index (χ1v) is 6.67. The first kappa shape index (κ1) is 11.6. The maximum Gasteiger partial charge on any atom is 0.180 e. The van der Waals surface area contributed by atoms with E-state index in [-0.39, 0.29) is 11.5 Å². The number of aryl methyl sites for hydroxylation is 1. The Bertz CT molecular complexity index is 574. The molecule has 0 spiro atoms. The summed E-state index contributed by atoms with van der Waals surface area (Å²) in [4.78, 5) is 5.16. The summed E-state index contributed by atoms with van der Waals surface area (Å²) >= 11 is 1.34. The Kier molecular flexibility index (Phi) is 2.78. The van der Waals surface area contributed by atoms with E-state index in [2.05, 4.69) is 4.98 Å². The number of thiazole rings is 1. The zero-order valence-corrected chi connectivity index (χ0v) is 10.4. The van der Waals surface area contributed by atoms with Crippen molar-refractivity contribution in [3.05, 3.63) is 46.0 Å². The molecule has 0 aliphatic heterocycles. The van der Waals surface area contributed by atoms with Crippen molar-refractivity contribution in [2.75, 3.05) is 5.73 Å². The molecule has 1 unspecified atom stereocenters. The summed E-state index contributed by atoms with van der Waals surface area (Å²) in [5.41, 5.74) is 6.75. The Morgan fingerprint density at radius 2 is 2.00 bits per heavy atom. The normalized spacial score (nSPS) is 18.7. The fourth-order valence-corrected chi connectivity index (χ4v) is 3.58. The molecule has 0 radical (unpaired) electrons.